The molecule has 36 heavy (non-hydrogen) atoms. The second-order valence-electron chi connectivity index (χ2n) is 8.92. The van der Waals surface area contributed by atoms with Gasteiger partial charge in [0.05, 0.1) is 47.3 Å². The predicted octanol–water partition coefficient (Wildman–Crippen LogP) is 6.09. The van der Waals surface area contributed by atoms with Crippen molar-refractivity contribution in [1.29, 1.82) is 5.26 Å². The van der Waals surface area contributed by atoms with Gasteiger partial charge in [0.15, 0.2) is 0 Å². The lowest BCUT2D eigenvalue weighted by Gasteiger charge is -2.21. The van der Waals surface area contributed by atoms with Crippen molar-refractivity contribution in [2.24, 2.45) is 0 Å². The number of benzene rings is 2. The normalized spacial score (nSPS) is 14.4. The third-order valence-corrected chi connectivity index (χ3v) is 6.10. The first-order valence-corrected chi connectivity index (χ1v) is 11.7. The Morgan fingerprint density at radius 2 is 2.00 bits per heavy atom. The maximum atomic E-state index is 13.7. The molecule has 0 bridgehead atoms. The number of fused-ring (bicyclic) bond motifs is 1. The Labute approximate surface area is 209 Å². The molecule has 4 aromatic rings. The van der Waals surface area contributed by atoms with Crippen LogP contribution in [-0.4, -0.2) is 32.4 Å². The van der Waals surface area contributed by atoms with Crippen LogP contribution < -0.4 is 10.6 Å². The standard InChI is InChI=1S/C25H21ClF3N7/c1-25(28,29)13-32-22-15(10-30)11-31-24-19(22)8-16(26)9-20(24)33-23(14-2-4-17(27)5-3-14)21-12-36(35-34-21)18-6-7-18/h2-5,8-9,11-12,18,23,33H,6-7,13H2,1H3,(H,31,32)/t23-/m0/s1. The van der Waals surface area contributed by atoms with Crippen molar-refractivity contribution in [3.8, 4) is 6.07 Å². The van der Waals surface area contributed by atoms with Gasteiger partial charge in [-0.15, -0.1) is 5.10 Å². The van der Waals surface area contributed by atoms with Gasteiger partial charge in [-0.3, -0.25) is 4.98 Å². The molecule has 0 spiro atoms. The summed E-state index contributed by atoms with van der Waals surface area (Å²) in [5.74, 6) is -3.37. The summed E-state index contributed by atoms with van der Waals surface area (Å²) in [6.07, 6.45) is 5.25. The average Bonchev–Trinajstić information content (AvgIpc) is 3.57. The Bertz CT molecular complexity index is 1450. The van der Waals surface area contributed by atoms with Crippen molar-refractivity contribution in [2.75, 3.05) is 17.2 Å². The molecule has 1 aliphatic carbocycles. The highest BCUT2D eigenvalue weighted by Gasteiger charge is 2.28. The Hall–Kier alpha value is -3.84. The van der Waals surface area contributed by atoms with Crippen LogP contribution in [0.2, 0.25) is 5.02 Å². The summed E-state index contributed by atoms with van der Waals surface area (Å²) in [5.41, 5.74) is 2.57. The fourth-order valence-corrected chi connectivity index (χ4v) is 4.19. The van der Waals surface area contributed by atoms with Gasteiger partial charge in [-0.05, 0) is 42.7 Å². The van der Waals surface area contributed by atoms with Gasteiger partial charge < -0.3 is 10.6 Å². The molecule has 0 aliphatic heterocycles. The van der Waals surface area contributed by atoms with Crippen molar-refractivity contribution >= 4 is 33.9 Å². The van der Waals surface area contributed by atoms with Crippen molar-refractivity contribution < 1.29 is 13.2 Å². The van der Waals surface area contributed by atoms with Crippen LogP contribution in [0, 0.1) is 17.1 Å². The fourth-order valence-electron chi connectivity index (χ4n) is 3.98. The van der Waals surface area contributed by atoms with Gasteiger partial charge in [0, 0.05) is 23.5 Å². The SMILES string of the molecule is CC(F)(F)CNc1c(C#N)cnc2c(N[C@@H](c3ccc(F)cc3)c3cn(C4CC4)nn3)cc(Cl)cc12. The lowest BCUT2D eigenvalue weighted by atomic mass is 10.0. The third kappa shape index (κ3) is 5.06. The Morgan fingerprint density at radius 3 is 2.67 bits per heavy atom. The molecular formula is C25H21ClF3N7. The molecule has 0 radical (unpaired) electrons. The van der Waals surface area contributed by atoms with Crippen LogP contribution in [0.15, 0.2) is 48.8 Å². The molecule has 0 saturated heterocycles. The van der Waals surface area contributed by atoms with E-state index in [-0.39, 0.29) is 17.1 Å². The summed E-state index contributed by atoms with van der Waals surface area (Å²) < 4.78 is 42.7. The van der Waals surface area contributed by atoms with Gasteiger partial charge in [0.2, 0.25) is 0 Å². The second kappa shape index (κ2) is 9.32. The van der Waals surface area contributed by atoms with E-state index in [1.54, 1.807) is 24.3 Å². The first kappa shape index (κ1) is 23.9. The van der Waals surface area contributed by atoms with E-state index in [2.05, 4.69) is 25.9 Å². The quantitative estimate of drug-likeness (QED) is 0.297. The molecule has 7 nitrogen and oxygen atoms in total. The Morgan fingerprint density at radius 1 is 1.25 bits per heavy atom. The number of aromatic nitrogens is 4. The molecule has 2 N–H and O–H groups in total. The summed E-state index contributed by atoms with van der Waals surface area (Å²) in [5, 5.41) is 24.9. The molecule has 2 aromatic carbocycles. The number of rotatable bonds is 8. The molecule has 11 heteroatoms. The summed E-state index contributed by atoms with van der Waals surface area (Å²) >= 11 is 6.42. The molecule has 1 saturated carbocycles. The molecule has 0 amide bonds. The van der Waals surface area contributed by atoms with Crippen LogP contribution in [0.5, 0.6) is 0 Å². The highest BCUT2D eigenvalue weighted by molar-refractivity contribution is 6.32. The lowest BCUT2D eigenvalue weighted by molar-refractivity contribution is 0.0368. The minimum atomic E-state index is -3.00. The van der Waals surface area contributed by atoms with Gasteiger partial charge >= 0.3 is 0 Å². The topological polar surface area (TPSA) is 91.5 Å². The molecule has 2 aromatic heterocycles. The van der Waals surface area contributed by atoms with E-state index in [1.165, 1.54) is 18.3 Å². The van der Waals surface area contributed by atoms with E-state index in [4.69, 9.17) is 11.6 Å². The highest BCUT2D eigenvalue weighted by atomic mass is 35.5. The van der Waals surface area contributed by atoms with E-state index in [1.807, 2.05) is 16.9 Å². The van der Waals surface area contributed by atoms with Gasteiger partial charge in [0.25, 0.3) is 5.92 Å². The van der Waals surface area contributed by atoms with Crippen LogP contribution in [-0.2, 0) is 0 Å². The second-order valence-corrected chi connectivity index (χ2v) is 9.35. The Kier molecular flexibility index (Phi) is 6.18. The molecule has 1 fully saturated rings. The van der Waals surface area contributed by atoms with Crippen molar-refractivity contribution in [2.45, 2.75) is 37.8 Å². The zero-order valence-electron chi connectivity index (χ0n) is 19.1. The summed E-state index contributed by atoms with van der Waals surface area (Å²) in [4.78, 5) is 4.42. The third-order valence-electron chi connectivity index (χ3n) is 5.88. The number of anilines is 2. The number of hydrogen-bond acceptors (Lipinski definition) is 6. The number of hydrogen-bond donors (Lipinski definition) is 2. The minimum absolute atomic E-state index is 0.113. The summed E-state index contributed by atoms with van der Waals surface area (Å²) in [6.45, 7) is 0.121. The van der Waals surface area contributed by atoms with Crippen LogP contribution in [0.3, 0.4) is 0 Å². The lowest BCUT2D eigenvalue weighted by Crippen LogP contribution is -2.23. The van der Waals surface area contributed by atoms with Crippen LogP contribution >= 0.6 is 11.6 Å². The maximum Gasteiger partial charge on any atom is 0.262 e. The number of halogens is 4. The number of nitriles is 1. The molecular weight excluding hydrogens is 491 g/mol. The van der Waals surface area contributed by atoms with Crippen LogP contribution in [0.1, 0.15) is 48.7 Å². The minimum Gasteiger partial charge on any atom is -0.377 e. The molecule has 1 aliphatic rings. The Balaban J connectivity index is 1.60. The zero-order valence-corrected chi connectivity index (χ0v) is 19.9. The van der Waals surface area contributed by atoms with E-state index in [0.29, 0.717) is 33.3 Å². The first-order valence-electron chi connectivity index (χ1n) is 11.3. The van der Waals surface area contributed by atoms with E-state index in [0.717, 1.165) is 25.3 Å². The van der Waals surface area contributed by atoms with Crippen LogP contribution in [0.4, 0.5) is 24.5 Å². The molecule has 2 heterocycles. The van der Waals surface area contributed by atoms with Gasteiger partial charge in [-0.1, -0.05) is 28.9 Å². The van der Waals surface area contributed by atoms with E-state index < -0.39 is 18.5 Å². The van der Waals surface area contributed by atoms with Crippen molar-refractivity contribution in [3.05, 3.63) is 76.5 Å². The fraction of sp³-hybridized carbons (Fsp3) is 0.280. The molecule has 184 valence electrons. The number of nitrogens with zero attached hydrogens (tertiary/aromatic N) is 5. The number of pyridine rings is 1. The van der Waals surface area contributed by atoms with Crippen molar-refractivity contribution in [1.82, 2.24) is 20.0 Å². The number of alkyl halides is 2. The smallest absolute Gasteiger partial charge is 0.262 e. The van der Waals surface area contributed by atoms with E-state index in [9.17, 15) is 18.4 Å². The molecule has 5 rings (SSSR count). The first-order chi connectivity index (χ1) is 17.2. The predicted molar refractivity (Wildman–Crippen MR) is 131 cm³/mol. The van der Waals surface area contributed by atoms with Crippen LogP contribution in [0.25, 0.3) is 10.9 Å². The van der Waals surface area contributed by atoms with Gasteiger partial charge in [0.1, 0.15) is 17.6 Å². The molecule has 1 atom stereocenters. The average molecular weight is 512 g/mol. The monoisotopic (exact) mass is 511 g/mol. The summed E-state index contributed by atoms with van der Waals surface area (Å²) in [7, 11) is 0. The maximum absolute atomic E-state index is 13.7. The largest absolute Gasteiger partial charge is 0.377 e. The van der Waals surface area contributed by atoms with Gasteiger partial charge in [-0.2, -0.15) is 5.26 Å². The summed E-state index contributed by atoms with van der Waals surface area (Å²) in [6, 6.07) is 11.0. The highest BCUT2D eigenvalue weighted by Crippen LogP contribution is 2.38. The molecule has 0 unspecified atom stereocenters. The van der Waals surface area contributed by atoms with Crippen molar-refractivity contribution in [3.63, 3.8) is 0 Å². The zero-order chi connectivity index (χ0) is 25.4. The van der Waals surface area contributed by atoms with Gasteiger partial charge in [-0.25, -0.2) is 17.9 Å². The van der Waals surface area contributed by atoms with E-state index >= 15 is 0 Å². The number of nitrogens with one attached hydrogen (secondary N) is 2.